The Labute approximate surface area is 194 Å². The standard InChI is InChI=1S/C22H27F3N6O3/c1-13-4-6-18(34-13)17(30-8-10-33-11-9-30)12-26-19(32)7-5-16-14(2)27-21-28-20(22(23,24)25)29-31(21)15(16)3/h4,6,17H,5,7-12H2,1-3H3,(H,26,32). The molecule has 1 unspecified atom stereocenters. The molecule has 0 aromatic carbocycles. The quantitative estimate of drug-likeness (QED) is 0.555. The molecule has 3 aromatic rings. The van der Waals surface area contributed by atoms with Crippen LogP contribution >= 0.6 is 0 Å². The molecule has 0 radical (unpaired) electrons. The van der Waals surface area contributed by atoms with Crippen molar-refractivity contribution in [2.45, 2.75) is 45.8 Å². The summed E-state index contributed by atoms with van der Waals surface area (Å²) in [5.74, 6) is 0.0650. The maximum absolute atomic E-state index is 13.0. The molecule has 1 aliphatic rings. The van der Waals surface area contributed by atoms with Crippen molar-refractivity contribution in [2.75, 3.05) is 32.8 Å². The largest absolute Gasteiger partial charge is 0.465 e. The van der Waals surface area contributed by atoms with E-state index in [1.165, 1.54) is 0 Å². The van der Waals surface area contributed by atoms with Crippen molar-refractivity contribution >= 4 is 11.7 Å². The summed E-state index contributed by atoms with van der Waals surface area (Å²) in [6, 6.07) is 3.70. The van der Waals surface area contributed by atoms with Gasteiger partial charge in [-0.3, -0.25) is 9.69 Å². The number of nitrogens with one attached hydrogen (secondary N) is 1. The first kappa shape index (κ1) is 24.1. The van der Waals surface area contributed by atoms with Crippen LogP contribution in [0.3, 0.4) is 0 Å². The first-order valence-corrected chi connectivity index (χ1v) is 11.1. The molecule has 184 valence electrons. The average Bonchev–Trinajstić information content (AvgIpc) is 3.41. The topological polar surface area (TPSA) is 97.8 Å². The summed E-state index contributed by atoms with van der Waals surface area (Å²) in [7, 11) is 0. The number of carbonyl (C=O) groups is 1. The molecule has 4 heterocycles. The van der Waals surface area contributed by atoms with Crippen LogP contribution in [0.1, 0.15) is 46.8 Å². The number of ether oxygens (including phenoxy) is 1. The number of furan rings is 1. The van der Waals surface area contributed by atoms with E-state index in [1.54, 1.807) is 13.8 Å². The molecule has 1 N–H and O–H groups in total. The first-order chi connectivity index (χ1) is 16.1. The normalized spacial score (nSPS) is 16.2. The summed E-state index contributed by atoms with van der Waals surface area (Å²) in [5, 5.41) is 6.52. The van der Waals surface area contributed by atoms with Gasteiger partial charge >= 0.3 is 6.18 Å². The fraction of sp³-hybridized carbons (Fsp3) is 0.545. The monoisotopic (exact) mass is 480 g/mol. The number of fused-ring (bicyclic) bond motifs is 1. The zero-order valence-corrected chi connectivity index (χ0v) is 19.3. The van der Waals surface area contributed by atoms with E-state index in [9.17, 15) is 18.0 Å². The highest BCUT2D eigenvalue weighted by atomic mass is 19.4. The minimum Gasteiger partial charge on any atom is -0.465 e. The minimum absolute atomic E-state index is 0.112. The minimum atomic E-state index is -4.66. The summed E-state index contributed by atoms with van der Waals surface area (Å²) in [6.07, 6.45) is -4.18. The van der Waals surface area contributed by atoms with E-state index in [2.05, 4.69) is 25.3 Å². The van der Waals surface area contributed by atoms with E-state index in [4.69, 9.17) is 9.15 Å². The van der Waals surface area contributed by atoms with Crippen molar-refractivity contribution in [3.05, 3.63) is 46.4 Å². The lowest BCUT2D eigenvalue weighted by Gasteiger charge is -2.33. The van der Waals surface area contributed by atoms with Gasteiger partial charge in [0, 0.05) is 37.4 Å². The zero-order chi connectivity index (χ0) is 24.5. The van der Waals surface area contributed by atoms with Gasteiger partial charge in [0.15, 0.2) is 0 Å². The van der Waals surface area contributed by atoms with Crippen molar-refractivity contribution in [3.8, 4) is 0 Å². The van der Waals surface area contributed by atoms with Crippen LogP contribution in [0.5, 0.6) is 0 Å². The lowest BCUT2D eigenvalue weighted by atomic mass is 10.1. The molecule has 1 atom stereocenters. The van der Waals surface area contributed by atoms with Crippen LogP contribution in [-0.2, 0) is 22.1 Å². The second-order valence-electron chi connectivity index (χ2n) is 8.32. The van der Waals surface area contributed by atoms with Crippen molar-refractivity contribution in [1.82, 2.24) is 29.8 Å². The van der Waals surface area contributed by atoms with Crippen LogP contribution < -0.4 is 5.32 Å². The Morgan fingerprint density at radius 3 is 2.56 bits per heavy atom. The van der Waals surface area contributed by atoms with Crippen molar-refractivity contribution in [1.29, 1.82) is 0 Å². The number of hydrogen-bond acceptors (Lipinski definition) is 7. The third kappa shape index (κ3) is 5.22. The molecule has 4 rings (SSSR count). The predicted molar refractivity (Wildman–Crippen MR) is 115 cm³/mol. The molecular weight excluding hydrogens is 453 g/mol. The molecule has 3 aromatic heterocycles. The fourth-order valence-corrected chi connectivity index (χ4v) is 4.16. The van der Waals surface area contributed by atoms with Gasteiger partial charge in [0.2, 0.25) is 5.91 Å². The van der Waals surface area contributed by atoms with E-state index >= 15 is 0 Å². The Morgan fingerprint density at radius 1 is 1.18 bits per heavy atom. The summed E-state index contributed by atoms with van der Waals surface area (Å²) >= 11 is 0. The maximum Gasteiger partial charge on any atom is 0.453 e. The number of morpholine rings is 1. The molecule has 34 heavy (non-hydrogen) atoms. The zero-order valence-electron chi connectivity index (χ0n) is 19.3. The Morgan fingerprint density at radius 2 is 1.91 bits per heavy atom. The number of carbonyl (C=O) groups excluding carboxylic acids is 1. The molecule has 1 fully saturated rings. The Hall–Kier alpha value is -2.99. The second kappa shape index (κ2) is 9.71. The van der Waals surface area contributed by atoms with Crippen LogP contribution in [0, 0.1) is 20.8 Å². The van der Waals surface area contributed by atoms with E-state index in [0.29, 0.717) is 43.1 Å². The third-order valence-corrected chi connectivity index (χ3v) is 5.97. The van der Waals surface area contributed by atoms with Crippen LogP contribution in [0.4, 0.5) is 13.2 Å². The molecular formula is C22H27F3N6O3. The predicted octanol–water partition coefficient (Wildman–Crippen LogP) is 2.78. The summed E-state index contributed by atoms with van der Waals surface area (Å²) in [4.78, 5) is 22.5. The van der Waals surface area contributed by atoms with E-state index in [0.717, 1.165) is 29.1 Å². The molecule has 0 aliphatic carbocycles. The first-order valence-electron chi connectivity index (χ1n) is 11.1. The summed E-state index contributed by atoms with van der Waals surface area (Å²) in [5.41, 5.74) is 1.68. The van der Waals surface area contributed by atoms with Gasteiger partial charge in [0.25, 0.3) is 11.6 Å². The van der Waals surface area contributed by atoms with Crippen LogP contribution in [0.25, 0.3) is 5.78 Å². The van der Waals surface area contributed by atoms with Crippen LogP contribution in [-0.4, -0.2) is 63.2 Å². The summed E-state index contributed by atoms with van der Waals surface area (Å²) < 4.78 is 51.3. The number of aryl methyl sites for hydroxylation is 3. The highest BCUT2D eigenvalue weighted by Gasteiger charge is 2.37. The maximum atomic E-state index is 13.0. The van der Waals surface area contributed by atoms with Gasteiger partial charge < -0.3 is 14.5 Å². The molecule has 0 bridgehead atoms. The lowest BCUT2D eigenvalue weighted by Crippen LogP contribution is -2.43. The Balaban J connectivity index is 1.42. The van der Waals surface area contributed by atoms with E-state index in [-0.39, 0.29) is 24.1 Å². The van der Waals surface area contributed by atoms with Crippen LogP contribution in [0.2, 0.25) is 0 Å². The van der Waals surface area contributed by atoms with Crippen molar-refractivity contribution in [2.24, 2.45) is 0 Å². The van der Waals surface area contributed by atoms with Crippen molar-refractivity contribution < 1.29 is 27.1 Å². The van der Waals surface area contributed by atoms with Gasteiger partial charge in [0.1, 0.15) is 11.5 Å². The van der Waals surface area contributed by atoms with Gasteiger partial charge in [0.05, 0.1) is 19.3 Å². The molecule has 1 aliphatic heterocycles. The number of hydrogen-bond donors (Lipinski definition) is 1. The van der Waals surface area contributed by atoms with Gasteiger partial charge in [-0.1, -0.05) is 0 Å². The number of amides is 1. The van der Waals surface area contributed by atoms with Crippen LogP contribution in [0.15, 0.2) is 16.5 Å². The number of nitrogens with zero attached hydrogens (tertiary/aromatic N) is 5. The van der Waals surface area contributed by atoms with E-state index in [1.807, 2.05) is 19.1 Å². The SMILES string of the molecule is Cc1ccc(C(CNC(=O)CCc2c(C)nc3nc(C(F)(F)F)nn3c2C)N2CCOCC2)o1. The molecule has 12 heteroatoms. The highest BCUT2D eigenvalue weighted by Crippen LogP contribution is 2.27. The lowest BCUT2D eigenvalue weighted by molar-refractivity contribution is -0.144. The Bertz CT molecular complexity index is 1170. The fourth-order valence-electron chi connectivity index (χ4n) is 4.16. The molecule has 1 amide bonds. The second-order valence-corrected chi connectivity index (χ2v) is 8.32. The van der Waals surface area contributed by atoms with Gasteiger partial charge in [-0.05, 0) is 44.9 Å². The van der Waals surface area contributed by atoms with Gasteiger partial charge in [-0.2, -0.15) is 18.2 Å². The number of halogens is 3. The highest BCUT2D eigenvalue weighted by molar-refractivity contribution is 5.76. The number of rotatable bonds is 7. The average molecular weight is 480 g/mol. The molecule has 9 nitrogen and oxygen atoms in total. The molecule has 0 spiro atoms. The number of aromatic nitrogens is 4. The van der Waals surface area contributed by atoms with Gasteiger partial charge in [-0.15, -0.1) is 5.10 Å². The third-order valence-electron chi connectivity index (χ3n) is 5.97. The van der Waals surface area contributed by atoms with E-state index < -0.39 is 12.0 Å². The number of alkyl halides is 3. The van der Waals surface area contributed by atoms with Gasteiger partial charge in [-0.25, -0.2) is 9.50 Å². The van der Waals surface area contributed by atoms with Crippen molar-refractivity contribution in [3.63, 3.8) is 0 Å². The summed E-state index contributed by atoms with van der Waals surface area (Å²) in [6.45, 7) is 8.31. The molecule has 0 saturated carbocycles. The Kier molecular flexibility index (Phi) is 6.89. The smallest absolute Gasteiger partial charge is 0.453 e. The molecule has 1 saturated heterocycles.